The Bertz CT molecular complexity index is 1060. The summed E-state index contributed by atoms with van der Waals surface area (Å²) in [6.07, 6.45) is 3.22. The number of methoxy groups -OCH3 is 1. The van der Waals surface area contributed by atoms with Gasteiger partial charge in [0.1, 0.15) is 12.4 Å². The van der Waals surface area contributed by atoms with Gasteiger partial charge in [-0.2, -0.15) is 0 Å². The third-order valence-electron chi connectivity index (χ3n) is 5.90. The highest BCUT2D eigenvalue weighted by molar-refractivity contribution is 7.10. The highest BCUT2D eigenvalue weighted by Crippen LogP contribution is 2.26. The van der Waals surface area contributed by atoms with Gasteiger partial charge in [-0.25, -0.2) is 0 Å². The molecule has 1 atom stereocenters. The van der Waals surface area contributed by atoms with Gasteiger partial charge in [0.15, 0.2) is 0 Å². The number of carbonyl (C=O) groups excluding carboxylic acids is 1. The number of rotatable bonds is 9. The standard InChI is InChI=1S/C27H29NO3S/c1-3-22(16-27(29)30-2)23-7-9-25(10-8-23)31-19-21-6-4-5-20(15-21)17-28-13-11-26-24(18-28)12-14-32-26/h3-10,12,14-15,22H,1,11,13,16-19H2,2H3/t22-/m0/s1. The van der Waals surface area contributed by atoms with Gasteiger partial charge in [0.05, 0.1) is 13.5 Å². The molecule has 2 heterocycles. The van der Waals surface area contributed by atoms with Crippen molar-refractivity contribution in [1.29, 1.82) is 0 Å². The predicted molar refractivity (Wildman–Crippen MR) is 129 cm³/mol. The molecule has 0 saturated heterocycles. The van der Waals surface area contributed by atoms with Gasteiger partial charge in [0, 0.05) is 30.4 Å². The number of ether oxygens (including phenoxy) is 2. The molecule has 166 valence electrons. The molecule has 0 bridgehead atoms. The maximum Gasteiger partial charge on any atom is 0.306 e. The highest BCUT2D eigenvalue weighted by Gasteiger charge is 2.17. The van der Waals surface area contributed by atoms with Gasteiger partial charge in [-0.3, -0.25) is 9.69 Å². The van der Waals surface area contributed by atoms with Crippen molar-refractivity contribution < 1.29 is 14.3 Å². The zero-order valence-corrected chi connectivity index (χ0v) is 19.3. The Morgan fingerprint density at radius 2 is 2.00 bits per heavy atom. The van der Waals surface area contributed by atoms with E-state index in [9.17, 15) is 4.79 Å². The summed E-state index contributed by atoms with van der Waals surface area (Å²) in [5.41, 5.74) is 4.98. The first-order valence-corrected chi connectivity index (χ1v) is 11.8. The van der Waals surface area contributed by atoms with E-state index in [1.807, 2.05) is 35.6 Å². The number of esters is 1. The number of carbonyl (C=O) groups is 1. The fraction of sp³-hybridized carbons (Fsp3) is 0.296. The first-order chi connectivity index (χ1) is 15.6. The van der Waals surface area contributed by atoms with Crippen molar-refractivity contribution in [3.63, 3.8) is 0 Å². The second-order valence-corrected chi connectivity index (χ2v) is 9.13. The predicted octanol–water partition coefficient (Wildman–Crippen LogP) is 5.72. The lowest BCUT2D eigenvalue weighted by atomic mass is 9.96. The van der Waals surface area contributed by atoms with Crippen LogP contribution in [0, 0.1) is 0 Å². The number of thiophene rings is 1. The van der Waals surface area contributed by atoms with E-state index < -0.39 is 0 Å². The van der Waals surface area contributed by atoms with E-state index in [-0.39, 0.29) is 18.3 Å². The molecule has 1 aliphatic rings. The average Bonchev–Trinajstić information content (AvgIpc) is 3.29. The second kappa shape index (κ2) is 10.6. The molecule has 0 unspecified atom stereocenters. The van der Waals surface area contributed by atoms with E-state index in [2.05, 4.69) is 47.2 Å². The largest absolute Gasteiger partial charge is 0.489 e. The van der Waals surface area contributed by atoms with Crippen LogP contribution >= 0.6 is 11.3 Å². The van der Waals surface area contributed by atoms with Crippen LogP contribution in [0.3, 0.4) is 0 Å². The Hall–Kier alpha value is -2.89. The number of hydrogen-bond donors (Lipinski definition) is 0. The van der Waals surface area contributed by atoms with Crippen molar-refractivity contribution in [3.05, 3.63) is 99.8 Å². The number of nitrogens with zero attached hydrogens (tertiary/aromatic N) is 1. The van der Waals surface area contributed by atoms with Crippen LogP contribution in [0.2, 0.25) is 0 Å². The summed E-state index contributed by atoms with van der Waals surface area (Å²) >= 11 is 1.88. The van der Waals surface area contributed by atoms with Crippen molar-refractivity contribution in [2.75, 3.05) is 13.7 Å². The number of benzene rings is 2. The van der Waals surface area contributed by atoms with Crippen LogP contribution in [0.4, 0.5) is 0 Å². The average molecular weight is 448 g/mol. The minimum atomic E-state index is -0.240. The van der Waals surface area contributed by atoms with Crippen molar-refractivity contribution in [2.45, 2.75) is 38.5 Å². The first-order valence-electron chi connectivity index (χ1n) is 10.9. The molecule has 2 aromatic carbocycles. The molecule has 0 N–H and O–H groups in total. The Morgan fingerprint density at radius 1 is 1.19 bits per heavy atom. The van der Waals surface area contributed by atoms with Gasteiger partial charge in [-0.05, 0) is 52.3 Å². The molecule has 0 spiro atoms. The molecule has 1 aromatic heterocycles. The SMILES string of the molecule is C=C[C@@H](CC(=O)OC)c1ccc(OCc2cccc(CN3CCc4sccc4C3)c2)cc1. The lowest BCUT2D eigenvalue weighted by Crippen LogP contribution is -2.29. The lowest BCUT2D eigenvalue weighted by molar-refractivity contribution is -0.140. The quantitative estimate of drug-likeness (QED) is 0.311. The molecule has 32 heavy (non-hydrogen) atoms. The van der Waals surface area contributed by atoms with Crippen LogP contribution in [-0.4, -0.2) is 24.5 Å². The third kappa shape index (κ3) is 5.67. The molecular weight excluding hydrogens is 418 g/mol. The lowest BCUT2D eigenvalue weighted by Gasteiger charge is -2.27. The third-order valence-corrected chi connectivity index (χ3v) is 6.92. The van der Waals surface area contributed by atoms with E-state index >= 15 is 0 Å². The first kappa shape index (κ1) is 22.3. The van der Waals surface area contributed by atoms with Crippen molar-refractivity contribution in [1.82, 2.24) is 4.90 Å². The van der Waals surface area contributed by atoms with Gasteiger partial charge >= 0.3 is 5.97 Å². The molecular formula is C27H29NO3S. The summed E-state index contributed by atoms with van der Waals surface area (Å²) in [7, 11) is 1.40. The maximum absolute atomic E-state index is 11.6. The summed E-state index contributed by atoms with van der Waals surface area (Å²) in [6, 6.07) is 18.8. The summed E-state index contributed by atoms with van der Waals surface area (Å²) in [4.78, 5) is 15.6. The second-order valence-electron chi connectivity index (χ2n) is 8.13. The topological polar surface area (TPSA) is 38.8 Å². The van der Waals surface area contributed by atoms with Crippen molar-refractivity contribution in [2.24, 2.45) is 0 Å². The van der Waals surface area contributed by atoms with Crippen LogP contribution < -0.4 is 4.74 Å². The molecule has 0 fully saturated rings. The van der Waals surface area contributed by atoms with Gasteiger partial charge in [0.25, 0.3) is 0 Å². The Morgan fingerprint density at radius 3 is 2.78 bits per heavy atom. The molecule has 0 radical (unpaired) electrons. The monoisotopic (exact) mass is 447 g/mol. The number of fused-ring (bicyclic) bond motifs is 1. The van der Waals surface area contributed by atoms with E-state index in [1.165, 1.54) is 18.2 Å². The zero-order chi connectivity index (χ0) is 22.3. The minimum Gasteiger partial charge on any atom is -0.489 e. The van der Waals surface area contributed by atoms with Crippen LogP contribution in [-0.2, 0) is 35.6 Å². The van der Waals surface area contributed by atoms with Gasteiger partial charge in [-0.1, -0.05) is 42.5 Å². The fourth-order valence-corrected chi connectivity index (χ4v) is 4.99. The summed E-state index contributed by atoms with van der Waals surface area (Å²) < 4.78 is 10.8. The Balaban J connectivity index is 1.32. The fourth-order valence-electron chi connectivity index (χ4n) is 4.10. The molecule has 0 amide bonds. The number of allylic oxidation sites excluding steroid dienone is 1. The molecule has 3 aromatic rings. The number of hydrogen-bond acceptors (Lipinski definition) is 5. The molecule has 5 heteroatoms. The maximum atomic E-state index is 11.6. The van der Waals surface area contributed by atoms with Crippen LogP contribution in [0.15, 0.2) is 72.6 Å². The molecule has 4 rings (SSSR count). The van der Waals surface area contributed by atoms with Crippen molar-refractivity contribution >= 4 is 17.3 Å². The Kier molecular flexibility index (Phi) is 7.40. The van der Waals surface area contributed by atoms with Gasteiger partial charge in [-0.15, -0.1) is 17.9 Å². The molecule has 1 aliphatic heterocycles. The van der Waals surface area contributed by atoms with E-state index in [0.29, 0.717) is 6.61 Å². The highest BCUT2D eigenvalue weighted by atomic mass is 32.1. The van der Waals surface area contributed by atoms with E-state index in [0.717, 1.165) is 42.9 Å². The molecule has 0 saturated carbocycles. The Labute approximate surface area is 194 Å². The normalized spacial score (nSPS) is 14.4. The van der Waals surface area contributed by atoms with Crippen LogP contribution in [0.5, 0.6) is 5.75 Å². The van der Waals surface area contributed by atoms with Crippen LogP contribution in [0.1, 0.15) is 39.5 Å². The van der Waals surface area contributed by atoms with Gasteiger partial charge < -0.3 is 9.47 Å². The van der Waals surface area contributed by atoms with E-state index in [4.69, 9.17) is 9.47 Å². The summed E-state index contributed by atoms with van der Waals surface area (Å²) in [6.45, 7) is 7.47. The summed E-state index contributed by atoms with van der Waals surface area (Å²) in [5.74, 6) is 0.504. The zero-order valence-electron chi connectivity index (χ0n) is 18.5. The van der Waals surface area contributed by atoms with Crippen LogP contribution in [0.25, 0.3) is 0 Å². The van der Waals surface area contributed by atoms with E-state index in [1.54, 1.807) is 11.0 Å². The van der Waals surface area contributed by atoms with Gasteiger partial charge in [0.2, 0.25) is 0 Å². The minimum absolute atomic E-state index is 0.0619. The smallest absolute Gasteiger partial charge is 0.306 e. The summed E-state index contributed by atoms with van der Waals surface area (Å²) in [5, 5.41) is 2.20. The molecule has 0 aliphatic carbocycles. The van der Waals surface area contributed by atoms with Crippen molar-refractivity contribution in [3.8, 4) is 5.75 Å². The molecule has 4 nitrogen and oxygen atoms in total.